The van der Waals surface area contributed by atoms with Gasteiger partial charge in [-0.25, -0.2) is 17.8 Å². The van der Waals surface area contributed by atoms with Crippen molar-refractivity contribution in [2.24, 2.45) is 0 Å². The number of hydrogen-bond donors (Lipinski definition) is 2. The number of benzene rings is 3. The van der Waals surface area contributed by atoms with Gasteiger partial charge in [0.1, 0.15) is 22.7 Å². The summed E-state index contributed by atoms with van der Waals surface area (Å²) in [4.78, 5) is 18.0. The van der Waals surface area contributed by atoms with Crippen LogP contribution in [-0.2, 0) is 26.5 Å². The van der Waals surface area contributed by atoms with E-state index >= 15 is 4.39 Å². The van der Waals surface area contributed by atoms with Gasteiger partial charge in [0, 0.05) is 40.8 Å². The standard InChI is InChI=1S/C31H27F2N2O7PS/c1-31(11-13-40-27-16(6-9-23(36)37)4-3-5-20(27)31)22-15-41-30(35-22)19-14-17(7-8-21(19)43)42-28-25(33)24(32)26-18(10-12-34-26)29(28)44(2,38)39/h3-5,7-8,10,12,14-15,34H,6,9,11,13,43H2,1-2H3,(H,36,37). The van der Waals surface area contributed by atoms with E-state index in [1.807, 2.05) is 25.1 Å². The molecule has 6 rings (SSSR count). The number of aromatic amines is 1. The number of carbonyl (C=O) groups is 1. The number of carboxylic acids is 1. The first-order valence-electron chi connectivity index (χ1n) is 13.6. The maximum absolute atomic E-state index is 15.2. The van der Waals surface area contributed by atoms with E-state index in [0.29, 0.717) is 41.8 Å². The second kappa shape index (κ2) is 11.0. The third-order valence-corrected chi connectivity index (χ3v) is 9.52. The van der Waals surface area contributed by atoms with E-state index < -0.39 is 43.5 Å². The maximum Gasteiger partial charge on any atom is 0.303 e. The molecule has 2 N–H and O–H groups in total. The lowest BCUT2D eigenvalue weighted by Crippen LogP contribution is -2.32. The molecule has 0 amide bonds. The van der Waals surface area contributed by atoms with Gasteiger partial charge >= 0.3 is 5.97 Å². The smallest absolute Gasteiger partial charge is 0.303 e. The van der Waals surface area contributed by atoms with Crippen LogP contribution >= 0.6 is 9.24 Å². The van der Waals surface area contributed by atoms with Gasteiger partial charge in [-0.15, -0.1) is 9.24 Å². The Bertz CT molecular complexity index is 2060. The van der Waals surface area contributed by atoms with E-state index in [1.54, 1.807) is 12.3 Å². The third kappa shape index (κ3) is 5.11. The van der Waals surface area contributed by atoms with Crippen LogP contribution in [0.1, 0.15) is 36.6 Å². The van der Waals surface area contributed by atoms with Crippen LogP contribution in [0.2, 0.25) is 0 Å². The van der Waals surface area contributed by atoms with Gasteiger partial charge in [0.2, 0.25) is 11.7 Å². The fourth-order valence-corrected chi connectivity index (χ4v) is 6.91. The Labute approximate surface area is 253 Å². The van der Waals surface area contributed by atoms with Crippen LogP contribution in [0.5, 0.6) is 17.2 Å². The molecule has 1 aliphatic rings. The number of nitrogens with one attached hydrogen (secondary N) is 1. The summed E-state index contributed by atoms with van der Waals surface area (Å²) in [6, 6.07) is 11.6. The largest absolute Gasteiger partial charge is 0.493 e. The Balaban J connectivity index is 1.38. The average molecular weight is 641 g/mol. The molecular formula is C31H27F2N2O7PS. The molecule has 0 fully saturated rings. The van der Waals surface area contributed by atoms with Crippen LogP contribution in [-0.4, -0.2) is 42.3 Å². The molecule has 9 nitrogen and oxygen atoms in total. The van der Waals surface area contributed by atoms with E-state index in [1.165, 1.54) is 24.4 Å². The number of aryl methyl sites for hydroxylation is 1. The highest BCUT2D eigenvalue weighted by atomic mass is 32.2. The first kappa shape index (κ1) is 29.8. The van der Waals surface area contributed by atoms with Gasteiger partial charge in [-0.3, -0.25) is 4.79 Å². The van der Waals surface area contributed by atoms with Crippen molar-refractivity contribution in [3.63, 3.8) is 0 Å². The van der Waals surface area contributed by atoms with Gasteiger partial charge < -0.3 is 24.0 Å². The molecule has 0 spiro atoms. The predicted octanol–water partition coefficient (Wildman–Crippen LogP) is 5.90. The molecule has 1 aliphatic heterocycles. The Morgan fingerprint density at radius 1 is 1.20 bits per heavy atom. The number of aromatic nitrogens is 2. The van der Waals surface area contributed by atoms with Crippen LogP contribution < -0.4 is 14.8 Å². The minimum Gasteiger partial charge on any atom is -0.493 e. The molecule has 2 atom stereocenters. The highest BCUT2D eigenvalue weighted by molar-refractivity contribution is 7.91. The summed E-state index contributed by atoms with van der Waals surface area (Å²) in [6.45, 7) is 2.41. The van der Waals surface area contributed by atoms with Gasteiger partial charge in [-0.1, -0.05) is 24.3 Å². The summed E-state index contributed by atoms with van der Waals surface area (Å²) in [7, 11) is -1.48. The van der Waals surface area contributed by atoms with Crippen molar-refractivity contribution >= 4 is 41.3 Å². The third-order valence-electron chi connectivity index (χ3n) is 7.87. The van der Waals surface area contributed by atoms with Crippen molar-refractivity contribution in [3.05, 3.63) is 83.4 Å². The van der Waals surface area contributed by atoms with Crippen LogP contribution in [0.15, 0.2) is 64.2 Å². The fourth-order valence-electron chi connectivity index (χ4n) is 5.57. The highest BCUT2D eigenvalue weighted by Crippen LogP contribution is 2.46. The van der Waals surface area contributed by atoms with Gasteiger partial charge in [0.15, 0.2) is 21.4 Å². The fraction of sp³-hybridized carbons (Fsp3) is 0.226. The molecule has 0 aliphatic carbocycles. The number of ether oxygens (including phenoxy) is 2. The molecule has 0 saturated heterocycles. The molecule has 2 unspecified atom stereocenters. The summed E-state index contributed by atoms with van der Waals surface area (Å²) in [6.07, 6.45) is 4.65. The normalized spacial score (nSPS) is 16.5. The molecule has 13 heteroatoms. The predicted molar refractivity (Wildman–Crippen MR) is 162 cm³/mol. The molecule has 44 heavy (non-hydrogen) atoms. The Hall–Kier alpha value is -4.28. The van der Waals surface area contributed by atoms with Crippen LogP contribution in [0.3, 0.4) is 0 Å². The number of oxazole rings is 1. The van der Waals surface area contributed by atoms with E-state index in [4.69, 9.17) is 24.0 Å². The topological polar surface area (TPSA) is 132 Å². The van der Waals surface area contributed by atoms with E-state index in [-0.39, 0.29) is 29.0 Å². The highest BCUT2D eigenvalue weighted by Gasteiger charge is 2.39. The number of para-hydroxylation sites is 1. The molecule has 0 saturated carbocycles. The van der Waals surface area contributed by atoms with Crippen molar-refractivity contribution in [2.75, 3.05) is 12.9 Å². The number of H-pyrrole nitrogens is 1. The number of halogens is 2. The summed E-state index contributed by atoms with van der Waals surface area (Å²) in [5, 5.41) is 9.80. The number of rotatable bonds is 8. The number of aliphatic carboxylic acids is 1. The minimum atomic E-state index is -4.04. The molecule has 3 aromatic carbocycles. The number of nitrogens with zero attached hydrogens (tertiary/aromatic N) is 1. The second-order valence-electron chi connectivity index (χ2n) is 10.8. The van der Waals surface area contributed by atoms with Gasteiger partial charge in [-0.05, 0) is 48.8 Å². The zero-order valence-corrected chi connectivity index (χ0v) is 25.6. The summed E-state index contributed by atoms with van der Waals surface area (Å²) < 4.78 is 73.1. The zero-order valence-electron chi connectivity index (χ0n) is 23.6. The number of sulfone groups is 1. The van der Waals surface area contributed by atoms with E-state index in [9.17, 15) is 17.6 Å². The van der Waals surface area contributed by atoms with Gasteiger partial charge in [0.25, 0.3) is 0 Å². The Kier molecular flexibility index (Phi) is 7.45. The lowest BCUT2D eigenvalue weighted by molar-refractivity contribution is -0.136. The SMILES string of the molecule is CC1(c2coc(-c3cc(Oc4c(F)c(F)c5[nH]ccc5c4S(C)(=O)=O)ccc3P)n2)CCOc2c(CCC(=O)O)cccc21. The molecule has 3 heterocycles. The van der Waals surface area contributed by atoms with Crippen molar-refractivity contribution < 1.29 is 41.0 Å². The average Bonchev–Trinajstić information content (AvgIpc) is 3.66. The van der Waals surface area contributed by atoms with Crippen LogP contribution in [0.25, 0.3) is 22.4 Å². The lowest BCUT2D eigenvalue weighted by atomic mass is 9.74. The first-order valence-corrected chi connectivity index (χ1v) is 16.0. The van der Waals surface area contributed by atoms with Crippen molar-refractivity contribution in [1.82, 2.24) is 9.97 Å². The molecule has 0 bridgehead atoms. The quantitative estimate of drug-likeness (QED) is 0.158. The Morgan fingerprint density at radius 3 is 2.75 bits per heavy atom. The molecule has 2 aromatic heterocycles. The van der Waals surface area contributed by atoms with Crippen LogP contribution in [0, 0.1) is 11.6 Å². The monoisotopic (exact) mass is 640 g/mol. The number of fused-ring (bicyclic) bond motifs is 2. The van der Waals surface area contributed by atoms with E-state index in [2.05, 4.69) is 14.2 Å². The van der Waals surface area contributed by atoms with E-state index in [0.717, 1.165) is 17.4 Å². The van der Waals surface area contributed by atoms with Gasteiger partial charge in [-0.2, -0.15) is 4.39 Å². The number of carboxylic acid groups (broad SMARTS) is 1. The maximum atomic E-state index is 15.2. The Morgan fingerprint density at radius 2 is 2.00 bits per heavy atom. The number of hydrogen-bond acceptors (Lipinski definition) is 7. The van der Waals surface area contributed by atoms with Crippen molar-refractivity contribution in [1.29, 1.82) is 0 Å². The van der Waals surface area contributed by atoms with Crippen molar-refractivity contribution in [3.8, 4) is 28.7 Å². The minimum absolute atomic E-state index is 0.0265. The molecule has 228 valence electrons. The second-order valence-corrected chi connectivity index (χ2v) is 13.4. The van der Waals surface area contributed by atoms with Crippen LogP contribution in [0.4, 0.5) is 8.78 Å². The lowest BCUT2D eigenvalue weighted by Gasteiger charge is -2.35. The van der Waals surface area contributed by atoms with Crippen molar-refractivity contribution in [2.45, 2.75) is 36.5 Å². The summed E-state index contributed by atoms with van der Waals surface area (Å²) in [5.41, 5.74) is 1.86. The first-order chi connectivity index (χ1) is 20.9. The zero-order chi connectivity index (χ0) is 31.4. The summed E-state index contributed by atoms with van der Waals surface area (Å²) in [5.74, 6) is -3.44. The molecule has 0 radical (unpaired) electrons. The molecule has 5 aromatic rings. The van der Waals surface area contributed by atoms with Gasteiger partial charge in [0.05, 0.1) is 17.8 Å². The summed E-state index contributed by atoms with van der Waals surface area (Å²) >= 11 is 0. The molecular weight excluding hydrogens is 613 g/mol.